The number of amides is 4. The number of hydrogen-bond donors (Lipinski definition) is 2. The molecule has 4 amide bonds. The van der Waals surface area contributed by atoms with E-state index in [4.69, 9.17) is 4.74 Å². The van der Waals surface area contributed by atoms with Crippen molar-refractivity contribution in [3.63, 3.8) is 0 Å². The average molecular weight is 444 g/mol. The highest BCUT2D eigenvalue weighted by atomic mass is 16.5. The highest BCUT2D eigenvalue weighted by molar-refractivity contribution is 6.15. The Bertz CT molecular complexity index is 1260. The predicted octanol–water partition coefficient (Wildman–Crippen LogP) is 3.63. The molecule has 2 aromatic carbocycles. The van der Waals surface area contributed by atoms with Gasteiger partial charge in [0.2, 0.25) is 5.91 Å². The zero-order chi connectivity index (χ0) is 23.5. The molecule has 1 saturated heterocycles. The van der Waals surface area contributed by atoms with E-state index in [1.807, 2.05) is 66.9 Å². The third kappa shape index (κ3) is 4.50. The molecule has 0 radical (unpaired) electrons. The molecule has 1 fully saturated rings. The van der Waals surface area contributed by atoms with Crippen molar-refractivity contribution in [2.24, 2.45) is 0 Å². The molecule has 0 spiro atoms. The van der Waals surface area contributed by atoms with Gasteiger partial charge in [0.15, 0.2) is 0 Å². The van der Waals surface area contributed by atoms with E-state index in [0.717, 1.165) is 27.6 Å². The van der Waals surface area contributed by atoms with Crippen molar-refractivity contribution in [1.82, 2.24) is 14.8 Å². The maximum absolute atomic E-state index is 12.9. The van der Waals surface area contributed by atoms with Crippen LogP contribution in [0.5, 0.6) is 5.75 Å². The number of ether oxygens (including phenoxy) is 1. The Balaban J connectivity index is 1.54. The molecule has 0 atom stereocenters. The van der Waals surface area contributed by atoms with E-state index in [-0.39, 0.29) is 12.2 Å². The predicted molar refractivity (Wildman–Crippen MR) is 125 cm³/mol. The van der Waals surface area contributed by atoms with E-state index >= 15 is 0 Å². The fourth-order valence-electron chi connectivity index (χ4n) is 3.66. The lowest BCUT2D eigenvalue weighted by atomic mass is 10.2. The summed E-state index contributed by atoms with van der Waals surface area (Å²) >= 11 is 0. The van der Waals surface area contributed by atoms with E-state index in [2.05, 4.69) is 10.6 Å². The first kappa shape index (κ1) is 21.9. The number of urea groups is 1. The van der Waals surface area contributed by atoms with E-state index in [1.165, 1.54) is 0 Å². The number of para-hydroxylation sites is 1. The number of hydrogen-bond acceptors (Lipinski definition) is 4. The Kier molecular flexibility index (Phi) is 5.99. The number of nitrogens with zero attached hydrogens (tertiary/aromatic N) is 2. The number of anilines is 1. The smallest absolute Gasteiger partial charge is 0.329 e. The normalized spacial score (nSPS) is 14.5. The first-order valence-corrected chi connectivity index (χ1v) is 10.4. The van der Waals surface area contributed by atoms with Crippen molar-refractivity contribution in [1.29, 1.82) is 0 Å². The largest absolute Gasteiger partial charge is 0.497 e. The van der Waals surface area contributed by atoms with Crippen LogP contribution in [0.3, 0.4) is 0 Å². The van der Waals surface area contributed by atoms with E-state index < -0.39 is 17.8 Å². The Labute approximate surface area is 191 Å². The SMILES string of the molecule is COc1ccc(-n2c(C)ccc2/C=C2\NC(=O)N(CC(=O)Nc3ccccc3C)C2=O)cc1. The van der Waals surface area contributed by atoms with Crippen LogP contribution in [0, 0.1) is 13.8 Å². The van der Waals surface area contributed by atoms with Crippen LogP contribution >= 0.6 is 0 Å². The van der Waals surface area contributed by atoms with Crippen LogP contribution in [0.4, 0.5) is 10.5 Å². The third-order valence-electron chi connectivity index (χ3n) is 5.41. The highest BCUT2D eigenvalue weighted by Crippen LogP contribution is 2.23. The Morgan fingerprint density at radius 3 is 2.45 bits per heavy atom. The fraction of sp³-hybridized carbons (Fsp3) is 0.160. The van der Waals surface area contributed by atoms with Crippen LogP contribution in [0.15, 0.2) is 66.4 Å². The molecule has 2 N–H and O–H groups in total. The van der Waals surface area contributed by atoms with Gasteiger partial charge in [-0.05, 0) is 68.0 Å². The zero-order valence-electron chi connectivity index (χ0n) is 18.6. The van der Waals surface area contributed by atoms with Crippen molar-refractivity contribution in [3.05, 3.63) is 83.3 Å². The molecule has 0 bridgehead atoms. The number of carbonyl (C=O) groups excluding carboxylic acids is 3. The summed E-state index contributed by atoms with van der Waals surface area (Å²) in [5.41, 5.74) is 4.19. The first-order valence-electron chi connectivity index (χ1n) is 10.4. The minimum Gasteiger partial charge on any atom is -0.497 e. The summed E-state index contributed by atoms with van der Waals surface area (Å²) < 4.78 is 7.17. The van der Waals surface area contributed by atoms with Crippen molar-refractivity contribution < 1.29 is 19.1 Å². The van der Waals surface area contributed by atoms with E-state index in [1.54, 1.807) is 25.3 Å². The zero-order valence-corrected chi connectivity index (χ0v) is 18.6. The van der Waals surface area contributed by atoms with Crippen molar-refractivity contribution in [2.45, 2.75) is 13.8 Å². The lowest BCUT2D eigenvalue weighted by molar-refractivity contribution is -0.127. The van der Waals surface area contributed by atoms with Crippen LogP contribution < -0.4 is 15.4 Å². The van der Waals surface area contributed by atoms with E-state index in [0.29, 0.717) is 11.4 Å². The van der Waals surface area contributed by atoms with Gasteiger partial charge in [-0.15, -0.1) is 0 Å². The number of aromatic nitrogens is 1. The molecule has 2 heterocycles. The number of carbonyl (C=O) groups is 3. The Morgan fingerprint density at radius 2 is 1.76 bits per heavy atom. The summed E-state index contributed by atoms with van der Waals surface area (Å²) in [5, 5.41) is 5.31. The van der Waals surface area contributed by atoms with Gasteiger partial charge in [-0.1, -0.05) is 18.2 Å². The van der Waals surface area contributed by atoms with Crippen LogP contribution in [-0.2, 0) is 9.59 Å². The number of imide groups is 1. The molecule has 8 nitrogen and oxygen atoms in total. The summed E-state index contributed by atoms with van der Waals surface area (Å²) in [4.78, 5) is 38.7. The molecule has 33 heavy (non-hydrogen) atoms. The minimum atomic E-state index is -0.634. The van der Waals surface area contributed by atoms with Crippen molar-refractivity contribution >= 4 is 29.6 Å². The molecular weight excluding hydrogens is 420 g/mol. The van der Waals surface area contributed by atoms with Gasteiger partial charge in [0, 0.05) is 22.8 Å². The Hall–Kier alpha value is -4.33. The number of methoxy groups -OCH3 is 1. The van der Waals surface area contributed by atoms with Crippen LogP contribution in [0.1, 0.15) is 17.0 Å². The van der Waals surface area contributed by atoms with Gasteiger partial charge < -0.3 is 19.9 Å². The highest BCUT2D eigenvalue weighted by Gasteiger charge is 2.35. The third-order valence-corrected chi connectivity index (χ3v) is 5.41. The van der Waals surface area contributed by atoms with Crippen LogP contribution in [0.25, 0.3) is 11.8 Å². The maximum atomic E-state index is 12.9. The maximum Gasteiger partial charge on any atom is 0.329 e. The standard InChI is InChI=1S/C25H24N4O4/c1-16-6-4-5-7-21(16)26-23(30)15-28-24(31)22(27-25(28)32)14-19-9-8-17(2)29(19)18-10-12-20(33-3)13-11-18/h4-14H,15H2,1-3H3,(H,26,30)(H,27,32)/b22-14-. The molecule has 168 valence electrons. The molecule has 0 saturated carbocycles. The van der Waals surface area contributed by atoms with Gasteiger partial charge in [-0.3, -0.25) is 9.59 Å². The molecule has 1 aromatic heterocycles. The van der Waals surface area contributed by atoms with Gasteiger partial charge in [0.25, 0.3) is 5.91 Å². The fourth-order valence-corrected chi connectivity index (χ4v) is 3.66. The number of nitrogens with one attached hydrogen (secondary N) is 2. The first-order chi connectivity index (χ1) is 15.9. The van der Waals surface area contributed by atoms with Gasteiger partial charge in [0.05, 0.1) is 7.11 Å². The average Bonchev–Trinajstić information content (AvgIpc) is 3.29. The molecule has 0 aliphatic carbocycles. The molecule has 0 unspecified atom stereocenters. The molecule has 4 rings (SSSR count). The lowest BCUT2D eigenvalue weighted by Crippen LogP contribution is -2.38. The van der Waals surface area contributed by atoms with Gasteiger partial charge in [-0.25, -0.2) is 9.69 Å². The quantitative estimate of drug-likeness (QED) is 0.449. The molecule has 1 aliphatic heterocycles. The number of aryl methyl sites for hydroxylation is 2. The summed E-state index contributed by atoms with van der Waals surface area (Å²) in [6.45, 7) is 3.43. The summed E-state index contributed by atoms with van der Waals surface area (Å²) in [5.74, 6) is -0.270. The van der Waals surface area contributed by atoms with E-state index in [9.17, 15) is 14.4 Å². The molecular formula is C25H24N4O4. The lowest BCUT2D eigenvalue weighted by Gasteiger charge is -2.13. The molecule has 3 aromatic rings. The summed E-state index contributed by atoms with van der Waals surface area (Å²) in [6.07, 6.45) is 1.61. The monoisotopic (exact) mass is 444 g/mol. The second-order valence-corrected chi connectivity index (χ2v) is 7.68. The van der Waals surface area contributed by atoms with Crippen LogP contribution in [0.2, 0.25) is 0 Å². The summed E-state index contributed by atoms with van der Waals surface area (Å²) in [7, 11) is 1.60. The summed E-state index contributed by atoms with van der Waals surface area (Å²) in [6, 6.07) is 18.0. The van der Waals surface area contributed by atoms with Gasteiger partial charge in [0.1, 0.15) is 18.0 Å². The van der Waals surface area contributed by atoms with Crippen molar-refractivity contribution in [3.8, 4) is 11.4 Å². The molecule has 1 aliphatic rings. The second-order valence-electron chi connectivity index (χ2n) is 7.68. The minimum absolute atomic E-state index is 0.108. The topological polar surface area (TPSA) is 92.7 Å². The van der Waals surface area contributed by atoms with Crippen molar-refractivity contribution in [2.75, 3.05) is 19.0 Å². The van der Waals surface area contributed by atoms with Crippen LogP contribution in [-0.4, -0.2) is 41.0 Å². The second kappa shape index (κ2) is 9.04. The Morgan fingerprint density at radius 1 is 1.03 bits per heavy atom. The van der Waals surface area contributed by atoms with Gasteiger partial charge in [-0.2, -0.15) is 0 Å². The molecule has 8 heteroatoms. The number of benzene rings is 2. The van der Waals surface area contributed by atoms with Gasteiger partial charge >= 0.3 is 6.03 Å². The number of rotatable bonds is 6.